The second-order valence-corrected chi connectivity index (χ2v) is 13.2. The lowest BCUT2D eigenvalue weighted by Crippen LogP contribution is -2.10. The Balaban J connectivity index is 1.08. The molecule has 3 heterocycles. The van der Waals surface area contributed by atoms with Crippen molar-refractivity contribution in [3.8, 4) is 56.8 Å². The predicted molar refractivity (Wildman–Crippen MR) is 219 cm³/mol. The van der Waals surface area contributed by atoms with Crippen LogP contribution < -0.4 is 4.90 Å². The van der Waals surface area contributed by atoms with E-state index in [9.17, 15) is 0 Å². The number of rotatable bonds is 8. The molecule has 0 aliphatic rings. The topological polar surface area (TPSA) is 81.1 Å². The molecule has 0 saturated heterocycles. The fraction of sp³-hybridized carbons (Fsp3) is 0. The lowest BCUT2D eigenvalue weighted by atomic mass is 10.1. The molecule has 7 aromatic carbocycles. The van der Waals surface area contributed by atoms with E-state index in [0.29, 0.717) is 28.8 Å². The van der Waals surface area contributed by atoms with Crippen LogP contribution in [0.2, 0.25) is 0 Å². The first kappa shape index (κ1) is 32.0. The van der Waals surface area contributed by atoms with Crippen LogP contribution >= 0.6 is 0 Å². The van der Waals surface area contributed by atoms with Crippen LogP contribution in [0.25, 0.3) is 79.0 Å². The lowest BCUT2D eigenvalue weighted by molar-refractivity contribution is 0.619. The van der Waals surface area contributed by atoms with Crippen LogP contribution in [0.3, 0.4) is 0 Å². The quantitative estimate of drug-likeness (QED) is 0.155. The third-order valence-electron chi connectivity index (χ3n) is 9.55. The number of benzene rings is 7. The molecule has 0 fully saturated rings. The van der Waals surface area contributed by atoms with E-state index in [1.165, 1.54) is 0 Å². The van der Waals surface area contributed by atoms with Gasteiger partial charge in [0, 0.05) is 50.9 Å². The molecule has 0 aliphatic heterocycles. The average molecular weight is 710 g/mol. The number of aromatic nitrogens is 4. The maximum Gasteiger partial charge on any atom is 0.227 e. The Morgan fingerprint density at radius 2 is 0.800 bits per heavy atom. The third-order valence-corrected chi connectivity index (χ3v) is 9.55. The Labute approximate surface area is 316 Å². The minimum absolute atomic E-state index is 0.577. The zero-order valence-electron chi connectivity index (χ0n) is 29.5. The monoisotopic (exact) mass is 709 g/mol. The van der Waals surface area contributed by atoms with Gasteiger partial charge in [0.05, 0.1) is 11.4 Å². The summed E-state index contributed by atoms with van der Waals surface area (Å²) in [6.45, 7) is 0. The van der Waals surface area contributed by atoms with Crippen LogP contribution in [-0.4, -0.2) is 19.9 Å². The summed E-state index contributed by atoms with van der Waals surface area (Å²) in [7, 11) is 0. The minimum Gasteiger partial charge on any atom is -0.436 e. The number of nitrogens with zero attached hydrogens (tertiary/aromatic N) is 5. The number of oxazole rings is 2. The van der Waals surface area contributed by atoms with Crippen molar-refractivity contribution < 1.29 is 8.83 Å². The fourth-order valence-corrected chi connectivity index (χ4v) is 6.81. The largest absolute Gasteiger partial charge is 0.436 e. The molecule has 0 aliphatic carbocycles. The summed E-state index contributed by atoms with van der Waals surface area (Å²) in [6, 6.07) is 62.9. The van der Waals surface area contributed by atoms with Gasteiger partial charge in [-0.3, -0.25) is 0 Å². The van der Waals surface area contributed by atoms with E-state index in [2.05, 4.69) is 77.7 Å². The van der Waals surface area contributed by atoms with Crippen molar-refractivity contribution in [2.75, 3.05) is 4.90 Å². The van der Waals surface area contributed by atoms with Crippen LogP contribution in [0.4, 0.5) is 17.1 Å². The Hall–Kier alpha value is -7.64. The number of anilines is 3. The van der Waals surface area contributed by atoms with Gasteiger partial charge in [0.1, 0.15) is 11.0 Å². The molecular weight excluding hydrogens is 679 g/mol. The van der Waals surface area contributed by atoms with Gasteiger partial charge in [-0.1, -0.05) is 97.1 Å². The molecule has 0 N–H and O–H groups in total. The van der Waals surface area contributed by atoms with Gasteiger partial charge in [-0.2, -0.15) is 0 Å². The molecule has 0 saturated carbocycles. The van der Waals surface area contributed by atoms with E-state index in [4.69, 9.17) is 28.8 Å². The molecule has 260 valence electrons. The van der Waals surface area contributed by atoms with Crippen molar-refractivity contribution in [1.29, 1.82) is 0 Å². The third kappa shape index (κ3) is 6.30. The van der Waals surface area contributed by atoms with Gasteiger partial charge in [-0.25, -0.2) is 19.9 Å². The smallest absolute Gasteiger partial charge is 0.227 e. The Morgan fingerprint density at radius 1 is 0.327 bits per heavy atom. The van der Waals surface area contributed by atoms with Gasteiger partial charge in [0.15, 0.2) is 17.0 Å². The number of fused-ring (bicyclic) bond motifs is 2. The van der Waals surface area contributed by atoms with E-state index >= 15 is 0 Å². The predicted octanol–water partition coefficient (Wildman–Crippen LogP) is 12.6. The summed E-state index contributed by atoms with van der Waals surface area (Å²) in [6.07, 6.45) is 0. The molecule has 10 aromatic rings. The average Bonchev–Trinajstić information content (AvgIpc) is 3.90. The van der Waals surface area contributed by atoms with Gasteiger partial charge in [-0.15, -0.1) is 0 Å². The highest BCUT2D eigenvalue weighted by Crippen LogP contribution is 2.39. The van der Waals surface area contributed by atoms with E-state index in [1.54, 1.807) is 0 Å². The Kier molecular flexibility index (Phi) is 8.00. The van der Waals surface area contributed by atoms with Gasteiger partial charge < -0.3 is 13.7 Å². The van der Waals surface area contributed by atoms with Crippen LogP contribution in [0.1, 0.15) is 0 Å². The molecule has 0 amide bonds. The van der Waals surface area contributed by atoms with Gasteiger partial charge in [-0.05, 0) is 84.9 Å². The highest BCUT2D eigenvalue weighted by molar-refractivity contribution is 5.89. The van der Waals surface area contributed by atoms with Gasteiger partial charge in [0.25, 0.3) is 0 Å². The molecule has 7 nitrogen and oxygen atoms in total. The van der Waals surface area contributed by atoms with Crippen molar-refractivity contribution >= 4 is 39.3 Å². The normalized spacial score (nSPS) is 11.3. The van der Waals surface area contributed by atoms with Crippen LogP contribution in [-0.2, 0) is 0 Å². The molecule has 10 rings (SSSR count). The summed E-state index contributed by atoms with van der Waals surface area (Å²) < 4.78 is 12.5. The van der Waals surface area contributed by atoms with E-state index < -0.39 is 0 Å². The van der Waals surface area contributed by atoms with Gasteiger partial charge in [0.2, 0.25) is 11.8 Å². The van der Waals surface area contributed by atoms with Crippen LogP contribution in [0.15, 0.2) is 197 Å². The van der Waals surface area contributed by atoms with Crippen LogP contribution in [0, 0.1) is 0 Å². The van der Waals surface area contributed by atoms with Crippen molar-refractivity contribution in [2.45, 2.75) is 0 Å². The second kappa shape index (κ2) is 13.7. The molecule has 0 bridgehead atoms. The van der Waals surface area contributed by atoms with Crippen molar-refractivity contribution in [3.63, 3.8) is 0 Å². The zero-order valence-corrected chi connectivity index (χ0v) is 29.5. The van der Waals surface area contributed by atoms with Crippen LogP contribution in [0.5, 0.6) is 0 Å². The minimum atomic E-state index is 0.577. The summed E-state index contributed by atoms with van der Waals surface area (Å²) in [5, 5.41) is 0. The molecule has 7 heteroatoms. The first-order chi connectivity index (χ1) is 27.2. The molecule has 55 heavy (non-hydrogen) atoms. The van der Waals surface area contributed by atoms with Gasteiger partial charge >= 0.3 is 0 Å². The molecule has 0 unspecified atom stereocenters. The molecule has 0 atom stereocenters. The standard InChI is InChI=1S/C48H31N5O2/c1-5-13-32(14-6-1)41-31-42(33-15-7-2-8-16-33)50-46(49-41)34-21-23-37(24-22-34)53(38-26-28-44-43(29-38)52-48(54-44)36-19-11-4-12-20-36)39-25-27-40-45(30-39)55-47(51-40)35-17-9-3-10-18-35/h1-31H. The van der Waals surface area contributed by atoms with Crippen molar-refractivity contribution in [1.82, 2.24) is 19.9 Å². The van der Waals surface area contributed by atoms with E-state index in [-0.39, 0.29) is 0 Å². The highest BCUT2D eigenvalue weighted by Gasteiger charge is 2.19. The summed E-state index contributed by atoms with van der Waals surface area (Å²) in [5.41, 5.74) is 12.2. The maximum absolute atomic E-state index is 6.33. The molecule has 0 spiro atoms. The SMILES string of the molecule is c1ccc(-c2cc(-c3ccccc3)nc(-c3ccc(N(c4ccc5oc(-c6ccccc6)nc5c4)c4ccc5nc(-c6ccccc6)oc5c4)cc3)n2)cc1. The second-order valence-electron chi connectivity index (χ2n) is 13.2. The first-order valence-electron chi connectivity index (χ1n) is 18.0. The fourth-order valence-electron chi connectivity index (χ4n) is 6.81. The number of hydrogen-bond acceptors (Lipinski definition) is 7. The zero-order chi connectivity index (χ0) is 36.6. The summed E-state index contributed by atoms with van der Waals surface area (Å²) >= 11 is 0. The Morgan fingerprint density at radius 3 is 1.38 bits per heavy atom. The summed E-state index contributed by atoms with van der Waals surface area (Å²) in [4.78, 5) is 21.9. The number of hydrogen-bond donors (Lipinski definition) is 0. The van der Waals surface area contributed by atoms with Crippen molar-refractivity contribution in [2.24, 2.45) is 0 Å². The summed E-state index contributed by atoms with van der Waals surface area (Å²) in [5.74, 6) is 1.80. The van der Waals surface area contributed by atoms with Crippen molar-refractivity contribution in [3.05, 3.63) is 188 Å². The molecular formula is C48H31N5O2. The lowest BCUT2D eigenvalue weighted by Gasteiger charge is -2.25. The Bertz CT molecular complexity index is 2730. The maximum atomic E-state index is 6.33. The highest BCUT2D eigenvalue weighted by atomic mass is 16.4. The van der Waals surface area contributed by atoms with E-state index in [1.807, 2.05) is 115 Å². The molecule has 3 aromatic heterocycles. The first-order valence-corrected chi connectivity index (χ1v) is 18.0. The molecule has 0 radical (unpaired) electrons. The van der Waals surface area contributed by atoms with E-state index in [0.717, 1.165) is 67.3 Å².